The molecule has 0 atom stereocenters. The first kappa shape index (κ1) is 20.0. The number of morpholine rings is 1. The lowest BCUT2D eigenvalue weighted by atomic mass is 10.2. The molecular formula is C22H23N5O3S. The van der Waals surface area contributed by atoms with Crippen molar-refractivity contribution >= 4 is 21.6 Å². The summed E-state index contributed by atoms with van der Waals surface area (Å²) in [5.74, 6) is 3.06. The highest BCUT2D eigenvalue weighted by molar-refractivity contribution is 7.18. The average Bonchev–Trinajstić information content (AvgIpc) is 3.32. The monoisotopic (exact) mass is 437 g/mol. The molecule has 31 heavy (non-hydrogen) atoms. The van der Waals surface area contributed by atoms with Crippen molar-refractivity contribution in [1.29, 1.82) is 0 Å². The lowest BCUT2D eigenvalue weighted by Crippen LogP contribution is -2.36. The van der Waals surface area contributed by atoms with Gasteiger partial charge >= 0.3 is 0 Å². The van der Waals surface area contributed by atoms with Gasteiger partial charge in [0, 0.05) is 30.5 Å². The molecule has 0 unspecified atom stereocenters. The molecule has 160 valence electrons. The van der Waals surface area contributed by atoms with Crippen LogP contribution in [0.5, 0.6) is 11.6 Å². The zero-order valence-corrected chi connectivity index (χ0v) is 18.5. The fourth-order valence-electron chi connectivity index (χ4n) is 3.59. The molecule has 1 fully saturated rings. The van der Waals surface area contributed by atoms with Crippen molar-refractivity contribution in [2.45, 2.75) is 27.3 Å². The van der Waals surface area contributed by atoms with Gasteiger partial charge in [-0.25, -0.2) is 4.98 Å². The Hall–Kier alpha value is -2.88. The number of nitrogens with zero attached hydrogens (tertiary/aromatic N) is 5. The van der Waals surface area contributed by atoms with E-state index in [1.165, 1.54) is 4.88 Å². The third-order valence-corrected chi connectivity index (χ3v) is 6.45. The second-order valence-electron chi connectivity index (χ2n) is 7.56. The summed E-state index contributed by atoms with van der Waals surface area (Å²) in [4.78, 5) is 18.4. The Morgan fingerprint density at radius 2 is 1.94 bits per heavy atom. The average molecular weight is 438 g/mol. The highest BCUT2D eigenvalue weighted by Gasteiger charge is 2.19. The van der Waals surface area contributed by atoms with E-state index in [1.807, 2.05) is 24.3 Å². The van der Waals surface area contributed by atoms with Crippen LogP contribution in [-0.4, -0.2) is 51.3 Å². The van der Waals surface area contributed by atoms with Crippen LogP contribution < -0.4 is 4.74 Å². The first-order valence-corrected chi connectivity index (χ1v) is 11.0. The second kappa shape index (κ2) is 8.33. The third kappa shape index (κ3) is 4.16. The topological polar surface area (TPSA) is 86.4 Å². The zero-order valence-electron chi connectivity index (χ0n) is 17.7. The van der Waals surface area contributed by atoms with Crippen LogP contribution in [0.1, 0.15) is 22.2 Å². The van der Waals surface area contributed by atoms with E-state index in [0.717, 1.165) is 53.5 Å². The number of aryl methyl sites for hydroxylation is 3. The van der Waals surface area contributed by atoms with E-state index in [1.54, 1.807) is 18.3 Å². The van der Waals surface area contributed by atoms with Gasteiger partial charge in [-0.1, -0.05) is 17.3 Å². The quantitative estimate of drug-likeness (QED) is 0.457. The molecule has 1 aromatic carbocycles. The molecule has 0 aliphatic carbocycles. The molecule has 4 heterocycles. The van der Waals surface area contributed by atoms with Crippen LogP contribution in [0.25, 0.3) is 21.6 Å². The van der Waals surface area contributed by atoms with Crippen molar-refractivity contribution in [1.82, 2.24) is 25.0 Å². The predicted octanol–water partition coefficient (Wildman–Crippen LogP) is 4.29. The molecule has 1 aliphatic heterocycles. The largest absolute Gasteiger partial charge is 0.438 e. The van der Waals surface area contributed by atoms with Crippen LogP contribution in [-0.2, 0) is 11.3 Å². The van der Waals surface area contributed by atoms with Gasteiger partial charge < -0.3 is 14.0 Å². The molecule has 0 saturated carbocycles. The van der Waals surface area contributed by atoms with Crippen LogP contribution in [0, 0.1) is 20.8 Å². The summed E-state index contributed by atoms with van der Waals surface area (Å²) in [6.45, 7) is 9.88. The van der Waals surface area contributed by atoms with E-state index in [0.29, 0.717) is 29.9 Å². The minimum Gasteiger partial charge on any atom is -0.438 e. The van der Waals surface area contributed by atoms with Gasteiger partial charge in [0.1, 0.15) is 16.4 Å². The van der Waals surface area contributed by atoms with Crippen LogP contribution in [0.2, 0.25) is 0 Å². The van der Waals surface area contributed by atoms with Crippen LogP contribution in [0.15, 0.2) is 28.8 Å². The summed E-state index contributed by atoms with van der Waals surface area (Å²) in [6, 6.07) is 7.64. The van der Waals surface area contributed by atoms with Gasteiger partial charge in [-0.15, -0.1) is 11.3 Å². The number of hydrogen-bond donors (Lipinski definition) is 0. The number of benzene rings is 1. The molecule has 4 aromatic rings. The molecule has 0 bridgehead atoms. The second-order valence-corrected chi connectivity index (χ2v) is 8.77. The van der Waals surface area contributed by atoms with E-state index in [9.17, 15) is 0 Å². The van der Waals surface area contributed by atoms with Crippen LogP contribution in [0.3, 0.4) is 0 Å². The van der Waals surface area contributed by atoms with Gasteiger partial charge in [0.25, 0.3) is 0 Å². The van der Waals surface area contributed by atoms with E-state index >= 15 is 0 Å². The van der Waals surface area contributed by atoms with Crippen molar-refractivity contribution in [3.05, 3.63) is 46.4 Å². The van der Waals surface area contributed by atoms with Gasteiger partial charge in [0.2, 0.25) is 17.6 Å². The maximum absolute atomic E-state index is 6.31. The number of thiophene rings is 1. The highest BCUT2D eigenvalue weighted by atomic mass is 32.1. The molecule has 0 spiro atoms. The minimum absolute atomic E-state index is 0.524. The Bertz CT molecular complexity index is 1230. The zero-order chi connectivity index (χ0) is 21.4. The lowest BCUT2D eigenvalue weighted by molar-refractivity contribution is 0.0330. The molecule has 0 N–H and O–H groups in total. The van der Waals surface area contributed by atoms with Crippen LogP contribution >= 0.6 is 11.3 Å². The normalized spacial score (nSPS) is 14.9. The number of ether oxygens (including phenoxy) is 2. The smallest absolute Gasteiger partial charge is 0.231 e. The number of hydrogen-bond acceptors (Lipinski definition) is 9. The third-order valence-electron chi connectivity index (χ3n) is 5.34. The molecule has 1 saturated heterocycles. The Labute approximate surface area is 183 Å². The van der Waals surface area contributed by atoms with Gasteiger partial charge in [0.05, 0.1) is 25.1 Å². The van der Waals surface area contributed by atoms with E-state index < -0.39 is 0 Å². The summed E-state index contributed by atoms with van der Waals surface area (Å²) in [6.07, 6.45) is 0. The molecular weight excluding hydrogens is 414 g/mol. The molecule has 9 heteroatoms. The van der Waals surface area contributed by atoms with Gasteiger partial charge in [-0.2, -0.15) is 9.97 Å². The predicted molar refractivity (Wildman–Crippen MR) is 118 cm³/mol. The Morgan fingerprint density at radius 3 is 2.71 bits per heavy atom. The fourth-order valence-corrected chi connectivity index (χ4v) is 4.62. The van der Waals surface area contributed by atoms with Crippen molar-refractivity contribution in [2.75, 3.05) is 26.3 Å². The van der Waals surface area contributed by atoms with E-state index in [4.69, 9.17) is 24.0 Å². The maximum Gasteiger partial charge on any atom is 0.231 e. The summed E-state index contributed by atoms with van der Waals surface area (Å²) in [7, 11) is 0. The van der Waals surface area contributed by atoms with Crippen molar-refractivity contribution in [3.63, 3.8) is 0 Å². The van der Waals surface area contributed by atoms with E-state index in [-0.39, 0.29) is 0 Å². The Balaban J connectivity index is 1.50. The minimum atomic E-state index is 0.524. The molecule has 0 radical (unpaired) electrons. The first-order valence-electron chi connectivity index (χ1n) is 10.2. The first-order chi connectivity index (χ1) is 15.1. The maximum atomic E-state index is 6.31. The van der Waals surface area contributed by atoms with Crippen molar-refractivity contribution in [3.8, 4) is 23.0 Å². The SMILES string of the molecule is Cc1nc(-c2cccc(Oc3nc(CN4CCOCC4)nc4sc(C)c(C)c34)c2)no1. The summed E-state index contributed by atoms with van der Waals surface area (Å²) >= 11 is 1.68. The fraction of sp³-hybridized carbons (Fsp3) is 0.364. The summed E-state index contributed by atoms with van der Waals surface area (Å²) < 4.78 is 16.9. The molecule has 8 nitrogen and oxygen atoms in total. The number of rotatable bonds is 5. The van der Waals surface area contributed by atoms with Crippen molar-refractivity contribution in [2.24, 2.45) is 0 Å². The summed E-state index contributed by atoms with van der Waals surface area (Å²) in [5, 5.41) is 4.97. The molecule has 0 amide bonds. The Kier molecular flexibility index (Phi) is 5.39. The molecule has 3 aromatic heterocycles. The van der Waals surface area contributed by atoms with Crippen molar-refractivity contribution < 1.29 is 14.0 Å². The molecule has 5 rings (SSSR count). The number of fused-ring (bicyclic) bond motifs is 1. The van der Waals surface area contributed by atoms with Gasteiger partial charge in [-0.05, 0) is 31.5 Å². The van der Waals surface area contributed by atoms with E-state index in [2.05, 4.69) is 28.9 Å². The summed E-state index contributed by atoms with van der Waals surface area (Å²) in [5.41, 5.74) is 1.98. The van der Waals surface area contributed by atoms with Gasteiger partial charge in [-0.3, -0.25) is 4.90 Å². The number of aromatic nitrogens is 4. The lowest BCUT2D eigenvalue weighted by Gasteiger charge is -2.25. The van der Waals surface area contributed by atoms with Crippen LogP contribution in [0.4, 0.5) is 0 Å². The highest BCUT2D eigenvalue weighted by Crippen LogP contribution is 2.37. The Morgan fingerprint density at radius 1 is 1.10 bits per heavy atom. The standard InChI is InChI=1S/C22H23N5O3S/c1-13-14(2)31-22-19(13)21(24-18(25-22)12-27-7-9-28-10-8-27)29-17-6-4-5-16(11-17)20-23-15(3)30-26-20/h4-6,11H,7-10,12H2,1-3H3. The molecule has 1 aliphatic rings. The van der Waals surface area contributed by atoms with Gasteiger partial charge in [0.15, 0.2) is 0 Å².